The van der Waals surface area contributed by atoms with Gasteiger partial charge in [0.2, 0.25) is 0 Å². The normalized spacial score (nSPS) is 12.0. The van der Waals surface area contributed by atoms with E-state index in [1.54, 1.807) is 11.3 Å². The topological polar surface area (TPSA) is 39.7 Å². The van der Waals surface area contributed by atoms with Crippen molar-refractivity contribution >= 4 is 41.3 Å². The van der Waals surface area contributed by atoms with Gasteiger partial charge in [0.1, 0.15) is 0 Å². The van der Waals surface area contributed by atoms with E-state index in [4.69, 9.17) is 0 Å². The first-order chi connectivity index (χ1) is 10.5. The Balaban J connectivity index is 0.00000484. The lowest BCUT2D eigenvalue weighted by Gasteiger charge is -2.30. The van der Waals surface area contributed by atoms with Gasteiger partial charge in [0.25, 0.3) is 0 Å². The van der Waals surface area contributed by atoms with Crippen molar-refractivity contribution in [1.29, 1.82) is 0 Å². The second-order valence-corrected chi connectivity index (χ2v) is 7.07. The van der Waals surface area contributed by atoms with Gasteiger partial charge in [0, 0.05) is 36.6 Å². The van der Waals surface area contributed by atoms with Gasteiger partial charge >= 0.3 is 0 Å². The van der Waals surface area contributed by atoms with Crippen molar-refractivity contribution in [3.63, 3.8) is 0 Å². The van der Waals surface area contributed by atoms with Crippen molar-refractivity contribution in [2.75, 3.05) is 19.6 Å². The Morgan fingerprint density at radius 3 is 2.35 bits per heavy atom. The van der Waals surface area contributed by atoms with Crippen LogP contribution in [0.4, 0.5) is 0 Å². The van der Waals surface area contributed by atoms with E-state index in [1.165, 1.54) is 10.4 Å². The van der Waals surface area contributed by atoms with Crippen molar-refractivity contribution in [2.24, 2.45) is 4.99 Å². The molecule has 0 fully saturated rings. The lowest BCUT2D eigenvalue weighted by molar-refractivity contribution is 0.178. The molecule has 134 valence electrons. The Hall–Kier alpha value is -0.340. The van der Waals surface area contributed by atoms with Crippen molar-refractivity contribution < 1.29 is 0 Å². The number of halogens is 1. The van der Waals surface area contributed by atoms with Crippen LogP contribution >= 0.6 is 35.3 Å². The minimum Gasteiger partial charge on any atom is -0.357 e. The number of aliphatic imine (C=N–C) groups is 1. The zero-order valence-corrected chi connectivity index (χ0v) is 18.5. The smallest absolute Gasteiger partial charge is 0.191 e. The van der Waals surface area contributed by atoms with Gasteiger partial charge in [0.05, 0.1) is 6.54 Å². The molecule has 1 aromatic heterocycles. The molecule has 0 aromatic carbocycles. The quantitative estimate of drug-likeness (QED) is 0.358. The minimum absolute atomic E-state index is 0. The van der Waals surface area contributed by atoms with Crippen LogP contribution in [0.5, 0.6) is 0 Å². The Morgan fingerprint density at radius 1 is 1.22 bits per heavy atom. The molecule has 0 amide bonds. The van der Waals surface area contributed by atoms with E-state index < -0.39 is 0 Å². The molecule has 0 bridgehead atoms. The third-order valence-electron chi connectivity index (χ3n) is 3.68. The SMILES string of the molecule is CCNC(=NCc1sccc1C)NCCN(C(C)C)C(C)C.I. The van der Waals surface area contributed by atoms with Gasteiger partial charge in [-0.3, -0.25) is 4.90 Å². The van der Waals surface area contributed by atoms with Gasteiger partial charge < -0.3 is 10.6 Å². The second kappa shape index (κ2) is 12.1. The van der Waals surface area contributed by atoms with Crippen LogP contribution in [-0.2, 0) is 6.54 Å². The number of nitrogens with one attached hydrogen (secondary N) is 2. The van der Waals surface area contributed by atoms with Gasteiger partial charge in [0.15, 0.2) is 5.96 Å². The predicted octanol–water partition coefficient (Wildman–Crippen LogP) is 3.85. The highest BCUT2D eigenvalue weighted by Crippen LogP contribution is 2.16. The number of nitrogens with zero attached hydrogens (tertiary/aromatic N) is 2. The van der Waals surface area contributed by atoms with Gasteiger partial charge in [-0.15, -0.1) is 35.3 Å². The molecule has 0 aliphatic carbocycles. The summed E-state index contributed by atoms with van der Waals surface area (Å²) in [5.41, 5.74) is 1.33. The highest BCUT2D eigenvalue weighted by atomic mass is 127. The Labute approximate surface area is 163 Å². The Morgan fingerprint density at radius 2 is 1.87 bits per heavy atom. The monoisotopic (exact) mass is 452 g/mol. The van der Waals surface area contributed by atoms with E-state index >= 15 is 0 Å². The molecule has 0 saturated carbocycles. The number of hydrogen-bond donors (Lipinski definition) is 2. The molecule has 1 aromatic rings. The van der Waals surface area contributed by atoms with E-state index in [0.717, 1.165) is 32.1 Å². The largest absolute Gasteiger partial charge is 0.357 e. The number of hydrogen-bond acceptors (Lipinski definition) is 3. The standard InChI is InChI=1S/C17H32N4S.HI/c1-7-18-17(20-12-16-15(6)8-11-22-16)19-9-10-21(13(2)3)14(4)5;/h8,11,13-14H,7,9-10,12H2,1-6H3,(H2,18,19,20);1H. The molecule has 23 heavy (non-hydrogen) atoms. The van der Waals surface area contributed by atoms with Crippen molar-refractivity contribution in [2.45, 2.75) is 60.2 Å². The van der Waals surface area contributed by atoms with Gasteiger partial charge in [-0.1, -0.05) is 0 Å². The summed E-state index contributed by atoms with van der Waals surface area (Å²) in [4.78, 5) is 8.51. The van der Waals surface area contributed by atoms with E-state index in [1.807, 2.05) is 0 Å². The number of guanidine groups is 1. The lowest BCUT2D eigenvalue weighted by Crippen LogP contribution is -2.45. The first-order valence-corrected chi connectivity index (χ1v) is 9.14. The maximum absolute atomic E-state index is 4.69. The molecule has 4 nitrogen and oxygen atoms in total. The summed E-state index contributed by atoms with van der Waals surface area (Å²) in [5, 5.41) is 8.90. The average molecular weight is 452 g/mol. The Kier molecular flexibility index (Phi) is 11.9. The van der Waals surface area contributed by atoms with Gasteiger partial charge in [-0.2, -0.15) is 0 Å². The zero-order valence-electron chi connectivity index (χ0n) is 15.3. The van der Waals surface area contributed by atoms with Crippen LogP contribution in [0.3, 0.4) is 0 Å². The van der Waals surface area contributed by atoms with E-state index in [2.05, 4.69) is 73.5 Å². The highest BCUT2D eigenvalue weighted by molar-refractivity contribution is 14.0. The predicted molar refractivity (Wildman–Crippen MR) is 114 cm³/mol. The first kappa shape index (κ1) is 22.7. The van der Waals surface area contributed by atoms with E-state index in [0.29, 0.717) is 12.1 Å². The van der Waals surface area contributed by atoms with Crippen LogP contribution in [0.2, 0.25) is 0 Å². The molecule has 0 saturated heterocycles. The number of rotatable bonds is 8. The van der Waals surface area contributed by atoms with Crippen LogP contribution in [0, 0.1) is 6.92 Å². The lowest BCUT2D eigenvalue weighted by atomic mass is 10.2. The van der Waals surface area contributed by atoms with Gasteiger partial charge in [-0.25, -0.2) is 4.99 Å². The summed E-state index contributed by atoms with van der Waals surface area (Å²) in [5.74, 6) is 0.905. The molecule has 0 unspecified atom stereocenters. The highest BCUT2D eigenvalue weighted by Gasteiger charge is 2.12. The summed E-state index contributed by atoms with van der Waals surface area (Å²) in [6, 6.07) is 3.28. The van der Waals surface area contributed by atoms with Crippen molar-refractivity contribution in [3.8, 4) is 0 Å². The molecule has 0 aliphatic heterocycles. The summed E-state index contributed by atoms with van der Waals surface area (Å²) >= 11 is 1.78. The molecule has 6 heteroatoms. The molecule has 2 N–H and O–H groups in total. The molecule has 1 rings (SSSR count). The molecular formula is C17H33IN4S. The molecule has 0 spiro atoms. The Bertz CT molecular complexity index is 449. The second-order valence-electron chi connectivity index (χ2n) is 6.07. The maximum Gasteiger partial charge on any atom is 0.191 e. The summed E-state index contributed by atoms with van der Waals surface area (Å²) in [6.07, 6.45) is 0. The fourth-order valence-corrected chi connectivity index (χ4v) is 3.30. The van der Waals surface area contributed by atoms with E-state index in [-0.39, 0.29) is 24.0 Å². The fraction of sp³-hybridized carbons (Fsp3) is 0.706. The molecule has 1 heterocycles. The van der Waals surface area contributed by atoms with Gasteiger partial charge in [-0.05, 0) is 58.6 Å². The van der Waals surface area contributed by atoms with E-state index in [9.17, 15) is 0 Å². The third-order valence-corrected chi connectivity index (χ3v) is 4.69. The molecule has 0 radical (unpaired) electrons. The van der Waals surface area contributed by atoms with Crippen LogP contribution in [0.25, 0.3) is 0 Å². The fourth-order valence-electron chi connectivity index (χ4n) is 2.47. The third kappa shape index (κ3) is 8.35. The minimum atomic E-state index is 0. The van der Waals surface area contributed by atoms with Crippen molar-refractivity contribution in [1.82, 2.24) is 15.5 Å². The first-order valence-electron chi connectivity index (χ1n) is 8.26. The summed E-state index contributed by atoms with van der Waals surface area (Å²) in [6.45, 7) is 16.8. The molecule has 0 atom stereocenters. The zero-order chi connectivity index (χ0) is 16.5. The number of thiophene rings is 1. The molecule has 0 aliphatic rings. The maximum atomic E-state index is 4.69. The van der Waals surface area contributed by atoms with Crippen LogP contribution in [-0.4, -0.2) is 42.6 Å². The van der Waals surface area contributed by atoms with Crippen molar-refractivity contribution in [3.05, 3.63) is 21.9 Å². The molecular weight excluding hydrogens is 419 g/mol. The summed E-state index contributed by atoms with van der Waals surface area (Å²) in [7, 11) is 0. The van der Waals surface area contributed by atoms with Crippen LogP contribution in [0.1, 0.15) is 45.1 Å². The van der Waals surface area contributed by atoms with Crippen LogP contribution < -0.4 is 10.6 Å². The van der Waals surface area contributed by atoms with Crippen LogP contribution in [0.15, 0.2) is 16.4 Å². The number of aryl methyl sites for hydroxylation is 1. The summed E-state index contributed by atoms with van der Waals surface area (Å²) < 4.78 is 0. The average Bonchev–Trinajstić information content (AvgIpc) is 2.85.